The molecule has 0 saturated heterocycles. The van der Waals surface area contributed by atoms with E-state index in [0.717, 1.165) is 21.6 Å². The lowest BCUT2D eigenvalue weighted by Crippen LogP contribution is -2.05. The molecular formula is C21H18BrN3O2S. The van der Waals surface area contributed by atoms with Crippen molar-refractivity contribution in [3.8, 4) is 11.4 Å². The molecule has 142 valence electrons. The largest absolute Gasteiger partial charge is 0.330 e. The molecule has 4 aromatic rings. The summed E-state index contributed by atoms with van der Waals surface area (Å²) in [4.78, 5) is 9.59. The van der Waals surface area contributed by atoms with Crippen LogP contribution in [0.15, 0.2) is 69.0 Å². The third kappa shape index (κ3) is 2.95. The van der Waals surface area contributed by atoms with Gasteiger partial charge in [-0.25, -0.2) is 18.4 Å². The van der Waals surface area contributed by atoms with Crippen LogP contribution >= 0.6 is 15.9 Å². The van der Waals surface area contributed by atoms with Gasteiger partial charge in [0, 0.05) is 16.9 Å². The van der Waals surface area contributed by atoms with Crippen molar-refractivity contribution in [2.75, 3.05) is 0 Å². The molecule has 0 N–H and O–H groups in total. The third-order valence-corrected chi connectivity index (χ3v) is 7.71. The lowest BCUT2D eigenvalue weighted by Gasteiger charge is -2.13. The Bertz CT molecular complexity index is 1310. The van der Waals surface area contributed by atoms with Gasteiger partial charge in [-0.05, 0) is 53.5 Å². The molecule has 0 aliphatic carbocycles. The Morgan fingerprint density at radius 3 is 2.39 bits per heavy atom. The highest BCUT2D eigenvalue weighted by Crippen LogP contribution is 2.35. The summed E-state index contributed by atoms with van der Waals surface area (Å²) in [6.45, 7) is 3.85. The van der Waals surface area contributed by atoms with Crippen LogP contribution in [0.25, 0.3) is 22.3 Å². The Morgan fingerprint density at radius 2 is 1.75 bits per heavy atom. The highest BCUT2D eigenvalue weighted by atomic mass is 79.9. The van der Waals surface area contributed by atoms with Gasteiger partial charge in [-0.2, -0.15) is 0 Å². The average molecular weight is 456 g/mol. The van der Waals surface area contributed by atoms with E-state index in [2.05, 4.69) is 20.9 Å². The van der Waals surface area contributed by atoms with Crippen molar-refractivity contribution in [2.45, 2.75) is 23.6 Å². The maximum absolute atomic E-state index is 13.5. The summed E-state index contributed by atoms with van der Waals surface area (Å²) < 4.78 is 29.6. The summed E-state index contributed by atoms with van der Waals surface area (Å²) in [5, 5.41) is 0.587. The van der Waals surface area contributed by atoms with Crippen molar-refractivity contribution in [2.24, 2.45) is 7.05 Å². The second kappa shape index (κ2) is 6.83. The van der Waals surface area contributed by atoms with E-state index in [1.807, 2.05) is 37.6 Å². The van der Waals surface area contributed by atoms with Gasteiger partial charge in [0.1, 0.15) is 5.82 Å². The summed E-state index contributed by atoms with van der Waals surface area (Å²) in [6, 6.07) is 13.8. The number of aromatic nitrogens is 3. The number of nitrogens with zero attached hydrogens (tertiary/aromatic N) is 3. The molecule has 0 spiro atoms. The van der Waals surface area contributed by atoms with Crippen molar-refractivity contribution >= 4 is 36.7 Å². The molecular weight excluding hydrogens is 438 g/mol. The summed E-state index contributed by atoms with van der Waals surface area (Å²) in [5.41, 5.74) is 2.93. The monoisotopic (exact) mass is 455 g/mol. The fourth-order valence-corrected chi connectivity index (χ4v) is 5.07. The van der Waals surface area contributed by atoms with Crippen molar-refractivity contribution in [3.05, 3.63) is 70.6 Å². The normalized spacial score (nSPS) is 11.9. The van der Waals surface area contributed by atoms with E-state index in [-0.39, 0.29) is 9.79 Å². The predicted octanol–water partition coefficient (Wildman–Crippen LogP) is 4.85. The van der Waals surface area contributed by atoms with Gasteiger partial charge in [-0.1, -0.05) is 30.3 Å². The maximum atomic E-state index is 13.5. The summed E-state index contributed by atoms with van der Waals surface area (Å²) >= 11 is 3.59. The zero-order chi connectivity index (χ0) is 20.1. The van der Waals surface area contributed by atoms with Gasteiger partial charge in [0.15, 0.2) is 0 Å². The van der Waals surface area contributed by atoms with Crippen molar-refractivity contribution in [1.82, 2.24) is 14.5 Å². The second-order valence-electron chi connectivity index (χ2n) is 6.66. The number of benzene rings is 2. The molecule has 0 atom stereocenters. The molecule has 28 heavy (non-hydrogen) atoms. The van der Waals surface area contributed by atoms with Crippen LogP contribution in [0.1, 0.15) is 11.4 Å². The Kier molecular flexibility index (Phi) is 4.59. The zero-order valence-corrected chi connectivity index (χ0v) is 18.0. The van der Waals surface area contributed by atoms with Crippen LogP contribution in [0.4, 0.5) is 0 Å². The smallest absolute Gasteiger partial charge is 0.207 e. The zero-order valence-electron chi connectivity index (χ0n) is 15.6. The minimum absolute atomic E-state index is 0.234. The number of halogens is 1. The molecule has 7 heteroatoms. The summed E-state index contributed by atoms with van der Waals surface area (Å²) in [6.07, 6.45) is 1.71. The van der Waals surface area contributed by atoms with E-state index in [1.54, 1.807) is 42.6 Å². The van der Waals surface area contributed by atoms with E-state index >= 15 is 0 Å². The predicted molar refractivity (Wildman–Crippen MR) is 113 cm³/mol. The highest BCUT2D eigenvalue weighted by Gasteiger charge is 2.24. The van der Waals surface area contributed by atoms with Crippen molar-refractivity contribution < 1.29 is 8.42 Å². The molecule has 5 nitrogen and oxygen atoms in total. The minimum atomic E-state index is -3.72. The van der Waals surface area contributed by atoms with Gasteiger partial charge in [0.25, 0.3) is 0 Å². The average Bonchev–Trinajstić information content (AvgIpc) is 3.03. The van der Waals surface area contributed by atoms with Crippen molar-refractivity contribution in [1.29, 1.82) is 0 Å². The van der Waals surface area contributed by atoms with Crippen LogP contribution in [0.3, 0.4) is 0 Å². The first-order valence-corrected chi connectivity index (χ1v) is 11.0. The van der Waals surface area contributed by atoms with Crippen LogP contribution in [-0.4, -0.2) is 23.0 Å². The number of sulfone groups is 1. The molecule has 0 aliphatic heterocycles. The first kappa shape index (κ1) is 18.8. The maximum Gasteiger partial charge on any atom is 0.207 e. The molecule has 2 heterocycles. The van der Waals surface area contributed by atoms with Gasteiger partial charge >= 0.3 is 0 Å². The fourth-order valence-electron chi connectivity index (χ4n) is 3.15. The first-order valence-electron chi connectivity index (χ1n) is 8.69. The van der Waals surface area contributed by atoms with Gasteiger partial charge in [-0.15, -0.1) is 0 Å². The fraction of sp³-hybridized carbons (Fsp3) is 0.143. The van der Waals surface area contributed by atoms with E-state index < -0.39 is 9.84 Å². The number of imidazole rings is 1. The van der Waals surface area contributed by atoms with Crippen LogP contribution in [0.5, 0.6) is 0 Å². The van der Waals surface area contributed by atoms with Gasteiger partial charge in [0.2, 0.25) is 9.84 Å². The highest BCUT2D eigenvalue weighted by molar-refractivity contribution is 9.10. The number of hydrogen-bond acceptors (Lipinski definition) is 4. The molecule has 0 saturated carbocycles. The molecule has 0 fully saturated rings. The van der Waals surface area contributed by atoms with E-state index in [9.17, 15) is 8.42 Å². The number of hydrogen-bond donors (Lipinski definition) is 0. The van der Waals surface area contributed by atoms with Crippen molar-refractivity contribution in [3.63, 3.8) is 0 Å². The van der Waals surface area contributed by atoms with E-state index in [1.165, 1.54) is 0 Å². The molecule has 0 amide bonds. The Morgan fingerprint density at radius 1 is 1.04 bits per heavy atom. The third-order valence-electron chi connectivity index (χ3n) is 4.90. The first-order chi connectivity index (χ1) is 13.3. The van der Waals surface area contributed by atoms with Crippen LogP contribution in [-0.2, 0) is 16.9 Å². The Labute approximate surface area is 172 Å². The standard InChI is InChI=1S/C21H18BrN3O2S/c1-13-9-10-16-19(28(26,27)15-7-5-4-6-8-15)11-17(24-21(16)20(13)22)18-12-23-14(2)25(18)3/h4-12H,1-3H3. The van der Waals surface area contributed by atoms with Crippen LogP contribution in [0.2, 0.25) is 0 Å². The van der Waals surface area contributed by atoms with Gasteiger partial charge in [0.05, 0.1) is 32.9 Å². The topological polar surface area (TPSA) is 64.8 Å². The Balaban J connectivity index is 2.11. The van der Waals surface area contributed by atoms with E-state index in [4.69, 9.17) is 4.98 Å². The lowest BCUT2D eigenvalue weighted by atomic mass is 10.1. The molecule has 4 rings (SSSR count). The summed E-state index contributed by atoms with van der Waals surface area (Å²) in [5.74, 6) is 0.827. The number of aryl methyl sites for hydroxylation is 2. The van der Waals surface area contributed by atoms with Crippen LogP contribution < -0.4 is 0 Å². The molecule has 0 radical (unpaired) electrons. The lowest BCUT2D eigenvalue weighted by molar-refractivity contribution is 0.597. The number of pyridine rings is 1. The molecule has 2 aromatic heterocycles. The molecule has 2 aromatic carbocycles. The van der Waals surface area contributed by atoms with Crippen LogP contribution in [0, 0.1) is 13.8 Å². The molecule has 0 bridgehead atoms. The van der Waals surface area contributed by atoms with E-state index in [0.29, 0.717) is 16.6 Å². The van der Waals surface area contributed by atoms with Gasteiger partial charge in [-0.3, -0.25) is 0 Å². The Hall–Kier alpha value is -2.51. The van der Waals surface area contributed by atoms with Gasteiger partial charge < -0.3 is 4.57 Å². The second-order valence-corrected chi connectivity index (χ2v) is 9.38. The number of fused-ring (bicyclic) bond motifs is 1. The summed E-state index contributed by atoms with van der Waals surface area (Å²) in [7, 11) is -1.83. The quantitative estimate of drug-likeness (QED) is 0.442. The molecule has 0 unspecified atom stereocenters. The minimum Gasteiger partial charge on any atom is -0.330 e. The molecule has 0 aliphatic rings. The number of rotatable bonds is 3. The SMILES string of the molecule is Cc1ccc2c(S(=O)(=O)c3ccccc3)cc(-c3cnc(C)n3C)nc2c1Br.